The van der Waals surface area contributed by atoms with Crippen LogP contribution in [0.3, 0.4) is 0 Å². The fraction of sp³-hybridized carbons (Fsp3) is 0.850. The zero-order chi connectivity index (χ0) is 34.3. The average Bonchev–Trinajstić information content (AvgIpc) is 3.07. The molecule has 0 aromatic heterocycles. The smallest absolute Gasteiger partial charge is 0.306 e. The number of carbonyl (C=O) groups excluding carboxylic acids is 2. The van der Waals surface area contributed by atoms with Crippen LogP contribution in [-0.4, -0.2) is 64.8 Å². The maximum atomic E-state index is 12.5. The summed E-state index contributed by atoms with van der Waals surface area (Å²) in [6.07, 6.45) is 35.4. The van der Waals surface area contributed by atoms with Gasteiger partial charge < -0.3 is 23.7 Å². The molecular formula is C40H74O7. The lowest BCUT2D eigenvalue weighted by Crippen LogP contribution is -2.30. The summed E-state index contributed by atoms with van der Waals surface area (Å²) in [5.41, 5.74) is 0. The summed E-state index contributed by atoms with van der Waals surface area (Å²) in [5, 5.41) is 0. The molecule has 0 amide bonds. The Balaban J connectivity index is 4.13. The Bertz CT molecular complexity index is 721. The van der Waals surface area contributed by atoms with Gasteiger partial charge in [-0.15, -0.1) is 0 Å². The summed E-state index contributed by atoms with van der Waals surface area (Å²) >= 11 is 0. The minimum atomic E-state index is -0.612. The molecule has 1 atom stereocenters. The Kier molecular flexibility index (Phi) is 37.3. The van der Waals surface area contributed by atoms with Crippen LogP contribution in [0.1, 0.15) is 168 Å². The molecule has 7 nitrogen and oxygen atoms in total. The zero-order valence-electron chi connectivity index (χ0n) is 31.0. The Morgan fingerprint density at radius 1 is 0.489 bits per heavy atom. The van der Waals surface area contributed by atoms with Gasteiger partial charge in [0.25, 0.3) is 0 Å². The average molecular weight is 667 g/mol. The van der Waals surface area contributed by atoms with Crippen LogP contribution in [0.5, 0.6) is 0 Å². The fourth-order valence-electron chi connectivity index (χ4n) is 5.17. The monoisotopic (exact) mass is 667 g/mol. The van der Waals surface area contributed by atoms with Crippen molar-refractivity contribution in [3.8, 4) is 0 Å². The maximum Gasteiger partial charge on any atom is 0.306 e. The molecule has 0 aliphatic heterocycles. The summed E-state index contributed by atoms with van der Waals surface area (Å²) in [4.78, 5) is 24.9. The molecule has 0 aliphatic rings. The van der Waals surface area contributed by atoms with Crippen LogP contribution < -0.4 is 0 Å². The van der Waals surface area contributed by atoms with Crippen molar-refractivity contribution < 1.29 is 33.3 Å². The van der Waals surface area contributed by atoms with Crippen molar-refractivity contribution in [1.29, 1.82) is 0 Å². The number of hydrogen-bond acceptors (Lipinski definition) is 7. The molecule has 0 spiro atoms. The molecule has 0 aromatic carbocycles. The van der Waals surface area contributed by atoms with Crippen LogP contribution in [0.2, 0.25) is 0 Å². The number of unbranched alkanes of at least 4 members (excludes halogenated alkanes) is 18. The van der Waals surface area contributed by atoms with Crippen LogP contribution in [0.15, 0.2) is 24.3 Å². The van der Waals surface area contributed by atoms with Crippen molar-refractivity contribution in [3.05, 3.63) is 24.3 Å². The van der Waals surface area contributed by atoms with E-state index in [1.54, 1.807) is 7.11 Å². The predicted octanol–water partition coefficient (Wildman–Crippen LogP) is 10.6. The molecule has 7 heteroatoms. The number of allylic oxidation sites excluding steroid dienone is 4. The van der Waals surface area contributed by atoms with E-state index in [2.05, 4.69) is 38.2 Å². The third kappa shape index (κ3) is 37.0. The lowest BCUT2D eigenvalue weighted by molar-refractivity contribution is -0.163. The van der Waals surface area contributed by atoms with Crippen molar-refractivity contribution in [2.75, 3.05) is 46.8 Å². The molecule has 0 radical (unpaired) electrons. The van der Waals surface area contributed by atoms with Crippen LogP contribution in [0.4, 0.5) is 0 Å². The molecule has 0 N–H and O–H groups in total. The van der Waals surface area contributed by atoms with Crippen molar-refractivity contribution in [3.63, 3.8) is 0 Å². The van der Waals surface area contributed by atoms with Gasteiger partial charge in [0.15, 0.2) is 6.10 Å². The van der Waals surface area contributed by atoms with Gasteiger partial charge in [-0.1, -0.05) is 115 Å². The number of rotatable bonds is 37. The van der Waals surface area contributed by atoms with E-state index in [-0.39, 0.29) is 25.2 Å². The molecular weight excluding hydrogens is 592 g/mol. The van der Waals surface area contributed by atoms with E-state index in [0.29, 0.717) is 39.3 Å². The molecule has 0 fully saturated rings. The van der Waals surface area contributed by atoms with Gasteiger partial charge in [0.2, 0.25) is 0 Å². The second-order valence-electron chi connectivity index (χ2n) is 12.7. The Hall–Kier alpha value is -1.70. The standard InChI is InChI=1S/C40H74O7/c1-4-6-8-10-12-14-16-18-20-22-24-26-28-30-39(41)46-37-38(36-45-35-34-44-33-32-43-3)47-40(42)31-29-27-25-23-21-19-17-15-13-11-9-7-5-2/h14-17,38H,4-13,18-37H2,1-3H3/b16-14-,17-15-. The Morgan fingerprint density at radius 2 is 0.915 bits per heavy atom. The third-order valence-corrected chi connectivity index (χ3v) is 8.12. The number of methoxy groups -OCH3 is 1. The quantitative estimate of drug-likeness (QED) is 0.0371. The van der Waals surface area contributed by atoms with Crippen molar-refractivity contribution in [2.45, 2.75) is 174 Å². The molecule has 0 aromatic rings. The predicted molar refractivity (Wildman–Crippen MR) is 195 cm³/mol. The SMILES string of the molecule is CCCCCC/C=C\CCCCCCCC(=O)OCC(COCCOCCOC)OC(=O)CCCCCCC/C=C\CCCCCC. The summed E-state index contributed by atoms with van der Waals surface area (Å²) < 4.78 is 27.2. The highest BCUT2D eigenvalue weighted by Gasteiger charge is 2.17. The van der Waals surface area contributed by atoms with Gasteiger partial charge in [0, 0.05) is 20.0 Å². The van der Waals surface area contributed by atoms with Crippen LogP contribution in [-0.2, 0) is 33.3 Å². The molecule has 0 saturated carbocycles. The number of hydrogen-bond donors (Lipinski definition) is 0. The van der Waals surface area contributed by atoms with E-state index in [9.17, 15) is 9.59 Å². The van der Waals surface area contributed by atoms with Crippen molar-refractivity contribution >= 4 is 11.9 Å². The zero-order valence-corrected chi connectivity index (χ0v) is 31.0. The molecule has 1 unspecified atom stereocenters. The molecule has 47 heavy (non-hydrogen) atoms. The highest BCUT2D eigenvalue weighted by atomic mass is 16.6. The van der Waals surface area contributed by atoms with E-state index in [4.69, 9.17) is 23.7 Å². The highest BCUT2D eigenvalue weighted by Crippen LogP contribution is 2.12. The van der Waals surface area contributed by atoms with E-state index in [1.165, 1.54) is 89.9 Å². The summed E-state index contributed by atoms with van der Waals surface area (Å²) in [5.74, 6) is -0.505. The first-order valence-electron chi connectivity index (χ1n) is 19.4. The lowest BCUT2D eigenvalue weighted by atomic mass is 10.1. The number of ether oxygens (including phenoxy) is 5. The molecule has 0 bridgehead atoms. The first-order chi connectivity index (χ1) is 23.1. The largest absolute Gasteiger partial charge is 0.462 e. The van der Waals surface area contributed by atoms with Crippen molar-refractivity contribution in [2.24, 2.45) is 0 Å². The van der Waals surface area contributed by atoms with Gasteiger partial charge in [-0.3, -0.25) is 9.59 Å². The van der Waals surface area contributed by atoms with E-state index in [0.717, 1.165) is 51.4 Å². The minimum Gasteiger partial charge on any atom is -0.462 e. The van der Waals surface area contributed by atoms with Crippen molar-refractivity contribution in [1.82, 2.24) is 0 Å². The minimum absolute atomic E-state index is 0.0198. The first-order valence-corrected chi connectivity index (χ1v) is 19.4. The highest BCUT2D eigenvalue weighted by molar-refractivity contribution is 5.70. The number of carbonyl (C=O) groups is 2. The molecule has 276 valence electrons. The van der Waals surface area contributed by atoms with Gasteiger partial charge in [0.1, 0.15) is 6.61 Å². The lowest BCUT2D eigenvalue weighted by Gasteiger charge is -2.18. The molecule has 0 aliphatic carbocycles. The Morgan fingerprint density at radius 3 is 1.43 bits per heavy atom. The fourth-order valence-corrected chi connectivity index (χ4v) is 5.17. The van der Waals surface area contributed by atoms with Gasteiger partial charge in [0.05, 0.1) is 33.0 Å². The number of esters is 2. The second kappa shape index (κ2) is 38.7. The van der Waals surface area contributed by atoms with E-state index < -0.39 is 6.10 Å². The van der Waals surface area contributed by atoms with E-state index >= 15 is 0 Å². The molecule has 0 heterocycles. The molecule has 0 rings (SSSR count). The summed E-state index contributed by atoms with van der Waals surface area (Å²) in [6, 6.07) is 0. The van der Waals surface area contributed by atoms with E-state index in [1.807, 2.05) is 0 Å². The first kappa shape index (κ1) is 45.3. The van der Waals surface area contributed by atoms with Crippen LogP contribution >= 0.6 is 0 Å². The van der Waals surface area contributed by atoms with Gasteiger partial charge in [-0.2, -0.15) is 0 Å². The summed E-state index contributed by atoms with van der Waals surface area (Å²) in [6.45, 7) is 6.51. The van der Waals surface area contributed by atoms with Gasteiger partial charge in [-0.05, 0) is 64.2 Å². The maximum absolute atomic E-state index is 12.5. The third-order valence-electron chi connectivity index (χ3n) is 8.12. The second-order valence-corrected chi connectivity index (χ2v) is 12.7. The summed E-state index contributed by atoms with van der Waals surface area (Å²) in [7, 11) is 1.63. The normalized spacial score (nSPS) is 12.3. The van der Waals surface area contributed by atoms with Crippen LogP contribution in [0, 0.1) is 0 Å². The van der Waals surface area contributed by atoms with Gasteiger partial charge >= 0.3 is 11.9 Å². The van der Waals surface area contributed by atoms with Crippen LogP contribution in [0.25, 0.3) is 0 Å². The Labute approximate surface area is 289 Å². The van der Waals surface area contributed by atoms with Gasteiger partial charge in [-0.25, -0.2) is 0 Å². The topological polar surface area (TPSA) is 80.3 Å². The molecule has 0 saturated heterocycles.